The lowest BCUT2D eigenvalue weighted by molar-refractivity contribution is -0.137. The third-order valence-corrected chi connectivity index (χ3v) is 7.44. The zero-order valence-corrected chi connectivity index (χ0v) is 15.9. The Labute approximate surface area is 165 Å². The first-order chi connectivity index (χ1) is 13.6. The Balaban J connectivity index is 1.85. The molecule has 1 aliphatic carbocycles. The minimum absolute atomic E-state index is 0.212. The number of aliphatic hydroxyl groups is 1. The Morgan fingerprint density at radius 1 is 1.03 bits per heavy atom. The highest BCUT2D eigenvalue weighted by Gasteiger charge is 2.49. The molecule has 5 nitrogen and oxygen atoms in total. The van der Waals surface area contributed by atoms with Crippen LogP contribution in [-0.4, -0.2) is 25.3 Å². The standard InChI is InChI=1S/C20H18F3NO4S/c21-20(22,23)12-8-10-13(11-9-12)29(27,28)24-15-5-2-1-4-14(15)19(26)18-16(24)6-3-7-17(18)25/h1-2,4-5,8-11,16,18-19,26H,3,6-7H2/t16-,18-,19-/m1/s1. The number of halogens is 3. The molecule has 3 atom stereocenters. The fraction of sp³-hybridized carbons (Fsp3) is 0.350. The van der Waals surface area contributed by atoms with Gasteiger partial charge in [-0.25, -0.2) is 8.42 Å². The smallest absolute Gasteiger partial charge is 0.387 e. The molecule has 2 aliphatic rings. The number of carbonyl (C=O) groups is 1. The van der Waals surface area contributed by atoms with Gasteiger partial charge in [-0.1, -0.05) is 18.2 Å². The third kappa shape index (κ3) is 3.22. The minimum Gasteiger partial charge on any atom is -0.387 e. The highest BCUT2D eigenvalue weighted by molar-refractivity contribution is 7.92. The van der Waals surface area contributed by atoms with Gasteiger partial charge in [-0.3, -0.25) is 9.10 Å². The summed E-state index contributed by atoms with van der Waals surface area (Å²) in [4.78, 5) is 12.2. The van der Waals surface area contributed by atoms with Gasteiger partial charge in [0.25, 0.3) is 10.0 Å². The van der Waals surface area contributed by atoms with Crippen LogP contribution in [-0.2, 0) is 21.0 Å². The molecule has 1 saturated carbocycles. The van der Waals surface area contributed by atoms with Crippen molar-refractivity contribution in [3.63, 3.8) is 0 Å². The molecule has 1 fully saturated rings. The van der Waals surface area contributed by atoms with Crippen molar-refractivity contribution in [3.8, 4) is 0 Å². The largest absolute Gasteiger partial charge is 0.416 e. The van der Waals surface area contributed by atoms with Gasteiger partial charge in [0.15, 0.2) is 0 Å². The number of carbonyl (C=O) groups excluding carboxylic acids is 1. The number of fused-ring (bicyclic) bond motifs is 2. The molecule has 29 heavy (non-hydrogen) atoms. The van der Waals surface area contributed by atoms with Gasteiger partial charge < -0.3 is 5.11 Å². The summed E-state index contributed by atoms with van der Waals surface area (Å²) >= 11 is 0. The Hall–Kier alpha value is -2.39. The topological polar surface area (TPSA) is 74.7 Å². The van der Waals surface area contributed by atoms with Crippen LogP contribution >= 0.6 is 0 Å². The summed E-state index contributed by atoms with van der Waals surface area (Å²) in [6.07, 6.45) is -4.59. The molecule has 4 rings (SSSR count). The first-order valence-electron chi connectivity index (χ1n) is 9.14. The molecule has 0 aromatic heterocycles. The molecule has 154 valence electrons. The van der Waals surface area contributed by atoms with Crippen molar-refractivity contribution < 1.29 is 31.5 Å². The molecule has 0 spiro atoms. The van der Waals surface area contributed by atoms with Gasteiger partial charge in [-0.05, 0) is 43.2 Å². The average molecular weight is 425 g/mol. The quantitative estimate of drug-likeness (QED) is 0.797. The van der Waals surface area contributed by atoms with E-state index >= 15 is 0 Å². The van der Waals surface area contributed by atoms with E-state index in [2.05, 4.69) is 0 Å². The maximum Gasteiger partial charge on any atom is 0.416 e. The molecule has 0 unspecified atom stereocenters. The molecule has 2 aromatic carbocycles. The summed E-state index contributed by atoms with van der Waals surface area (Å²) in [5.74, 6) is -1.11. The van der Waals surface area contributed by atoms with Crippen LogP contribution in [0.1, 0.15) is 36.5 Å². The molecule has 1 N–H and O–H groups in total. The van der Waals surface area contributed by atoms with E-state index in [1.54, 1.807) is 18.2 Å². The van der Waals surface area contributed by atoms with Crippen LogP contribution in [0, 0.1) is 5.92 Å². The van der Waals surface area contributed by atoms with Crippen molar-refractivity contribution >= 4 is 21.5 Å². The number of alkyl halides is 3. The lowest BCUT2D eigenvalue weighted by Gasteiger charge is -2.46. The van der Waals surface area contributed by atoms with Crippen molar-refractivity contribution in [3.05, 3.63) is 59.7 Å². The number of anilines is 1. The Kier molecular flexibility index (Phi) is 4.70. The molecule has 0 amide bonds. The van der Waals surface area contributed by atoms with E-state index in [1.807, 2.05) is 0 Å². The number of Topliss-reactive ketones (excluding diaryl/α,β-unsaturated/α-hetero) is 1. The summed E-state index contributed by atoms with van der Waals surface area (Å²) in [6, 6.07) is 8.86. The van der Waals surface area contributed by atoms with Crippen molar-refractivity contribution in [1.29, 1.82) is 0 Å². The number of sulfonamides is 1. The van der Waals surface area contributed by atoms with E-state index in [-0.39, 0.29) is 22.8 Å². The fourth-order valence-electron chi connectivity index (χ4n) is 4.24. The molecule has 1 heterocycles. The number of aliphatic hydroxyl groups excluding tert-OH is 1. The normalized spacial score (nSPS) is 24.8. The summed E-state index contributed by atoms with van der Waals surface area (Å²) in [5, 5.41) is 10.7. The summed E-state index contributed by atoms with van der Waals surface area (Å²) in [5.41, 5.74) is -0.382. The average Bonchev–Trinajstić information content (AvgIpc) is 2.67. The van der Waals surface area contributed by atoms with E-state index in [4.69, 9.17) is 0 Å². The predicted octanol–water partition coefficient (Wildman–Crippen LogP) is 3.69. The van der Waals surface area contributed by atoms with Crippen LogP contribution < -0.4 is 4.31 Å². The van der Waals surface area contributed by atoms with Gasteiger partial charge in [0.05, 0.1) is 34.2 Å². The van der Waals surface area contributed by atoms with Crippen LogP contribution in [0.25, 0.3) is 0 Å². The number of hydrogen-bond acceptors (Lipinski definition) is 4. The lowest BCUT2D eigenvalue weighted by Crippen LogP contribution is -2.54. The van der Waals surface area contributed by atoms with Gasteiger partial charge in [0.1, 0.15) is 5.78 Å². The molecular formula is C20H18F3NO4S. The Morgan fingerprint density at radius 3 is 2.34 bits per heavy atom. The summed E-state index contributed by atoms with van der Waals surface area (Å²) < 4.78 is 66.5. The second-order valence-corrected chi connectivity index (χ2v) is 9.09. The third-order valence-electron chi connectivity index (χ3n) is 5.58. The second-order valence-electron chi connectivity index (χ2n) is 7.28. The van der Waals surface area contributed by atoms with Crippen LogP contribution in [0.2, 0.25) is 0 Å². The number of para-hydroxylation sites is 1. The fourth-order valence-corrected chi connectivity index (χ4v) is 5.97. The zero-order chi connectivity index (χ0) is 21.0. The number of hydrogen-bond donors (Lipinski definition) is 1. The van der Waals surface area contributed by atoms with Gasteiger partial charge in [-0.15, -0.1) is 0 Å². The second kappa shape index (κ2) is 6.84. The summed E-state index contributed by atoms with van der Waals surface area (Å²) in [6.45, 7) is 0. The minimum atomic E-state index is -4.58. The van der Waals surface area contributed by atoms with Crippen molar-refractivity contribution in [2.75, 3.05) is 4.31 Å². The van der Waals surface area contributed by atoms with E-state index in [0.717, 1.165) is 28.6 Å². The van der Waals surface area contributed by atoms with Gasteiger partial charge >= 0.3 is 6.18 Å². The molecule has 0 bridgehead atoms. The van der Waals surface area contributed by atoms with Gasteiger partial charge in [-0.2, -0.15) is 13.2 Å². The SMILES string of the molecule is O=C1CCC[C@@H]2[C@H]1[C@H](O)c1ccccc1N2S(=O)(=O)c1ccc(C(F)(F)F)cc1. The highest BCUT2D eigenvalue weighted by Crippen LogP contribution is 2.47. The maximum atomic E-state index is 13.4. The number of rotatable bonds is 2. The predicted molar refractivity (Wildman–Crippen MR) is 98.6 cm³/mol. The van der Waals surface area contributed by atoms with E-state index in [9.17, 15) is 31.5 Å². The van der Waals surface area contributed by atoms with Gasteiger partial charge in [0, 0.05) is 12.0 Å². The molecule has 0 radical (unpaired) electrons. The van der Waals surface area contributed by atoms with Crippen molar-refractivity contribution in [2.45, 2.75) is 42.5 Å². The van der Waals surface area contributed by atoms with E-state index in [1.165, 1.54) is 6.07 Å². The van der Waals surface area contributed by atoms with E-state index < -0.39 is 39.8 Å². The molecule has 9 heteroatoms. The van der Waals surface area contributed by atoms with Crippen molar-refractivity contribution in [2.24, 2.45) is 5.92 Å². The molecular weight excluding hydrogens is 407 g/mol. The molecule has 0 saturated heterocycles. The van der Waals surface area contributed by atoms with Crippen molar-refractivity contribution in [1.82, 2.24) is 0 Å². The number of ketones is 1. The first-order valence-corrected chi connectivity index (χ1v) is 10.6. The molecule has 2 aromatic rings. The van der Waals surface area contributed by atoms with Crippen LogP contribution in [0.4, 0.5) is 18.9 Å². The van der Waals surface area contributed by atoms with Crippen LogP contribution in [0.15, 0.2) is 53.4 Å². The monoisotopic (exact) mass is 425 g/mol. The molecule has 1 aliphatic heterocycles. The van der Waals surface area contributed by atoms with Crippen LogP contribution in [0.5, 0.6) is 0 Å². The lowest BCUT2D eigenvalue weighted by atomic mass is 9.75. The number of benzene rings is 2. The first kappa shape index (κ1) is 19.9. The maximum absolute atomic E-state index is 13.4. The Morgan fingerprint density at radius 2 is 1.69 bits per heavy atom. The van der Waals surface area contributed by atoms with Crippen LogP contribution in [0.3, 0.4) is 0 Å². The Bertz CT molecular complexity index is 1050. The highest BCUT2D eigenvalue weighted by atomic mass is 32.2. The van der Waals surface area contributed by atoms with Gasteiger partial charge in [0.2, 0.25) is 0 Å². The van der Waals surface area contributed by atoms with E-state index in [0.29, 0.717) is 18.4 Å². The number of nitrogens with zero attached hydrogens (tertiary/aromatic N) is 1. The summed E-state index contributed by atoms with van der Waals surface area (Å²) in [7, 11) is -4.25. The zero-order valence-electron chi connectivity index (χ0n) is 15.1.